The van der Waals surface area contributed by atoms with Crippen molar-refractivity contribution in [2.45, 2.75) is 32.7 Å². The predicted octanol–water partition coefficient (Wildman–Crippen LogP) is 4.92. The Morgan fingerprint density at radius 1 is 1.23 bits per heavy atom. The predicted molar refractivity (Wildman–Crippen MR) is 87.7 cm³/mol. The molecule has 0 aliphatic heterocycles. The van der Waals surface area contributed by atoms with Gasteiger partial charge in [-0.1, -0.05) is 55.3 Å². The number of amides is 1. The van der Waals surface area contributed by atoms with Crippen molar-refractivity contribution in [1.82, 2.24) is 5.32 Å². The van der Waals surface area contributed by atoms with Crippen molar-refractivity contribution in [2.24, 2.45) is 0 Å². The van der Waals surface area contributed by atoms with Crippen LogP contribution in [-0.2, 0) is 6.42 Å². The van der Waals surface area contributed by atoms with E-state index >= 15 is 0 Å². The van der Waals surface area contributed by atoms with Crippen LogP contribution in [0.15, 0.2) is 42.5 Å². The maximum Gasteiger partial charge on any atom is 0.256 e. The minimum absolute atomic E-state index is 0.112. The number of aryl methyl sites for hydroxylation is 1. The summed E-state index contributed by atoms with van der Waals surface area (Å²) in [4.78, 5) is 12.2. The second kappa shape index (κ2) is 7.41. The van der Waals surface area contributed by atoms with Gasteiger partial charge in [0.05, 0.1) is 16.6 Å². The molecule has 0 fully saturated rings. The fourth-order valence-corrected chi connectivity index (χ4v) is 2.58. The van der Waals surface area contributed by atoms with Crippen LogP contribution in [-0.4, -0.2) is 5.91 Å². The number of hydrogen-bond acceptors (Lipinski definition) is 1. The fourth-order valence-electron chi connectivity index (χ4n) is 2.33. The Bertz CT molecular complexity index is 634. The molecule has 0 spiro atoms. The normalized spacial score (nSPS) is 12.0. The standard InChI is InChI=1S/C18H19ClFNO/c1-3-5-13-8-10-14(11-9-13)12(2)21-18(22)17-15(19)6-4-7-16(17)20/h4,6-12H,3,5H2,1-2H3,(H,21,22)/t12-/m1/s1. The van der Waals surface area contributed by atoms with Crippen LogP contribution in [0.4, 0.5) is 4.39 Å². The molecular weight excluding hydrogens is 301 g/mol. The van der Waals surface area contributed by atoms with Gasteiger partial charge in [0.2, 0.25) is 0 Å². The number of rotatable bonds is 5. The van der Waals surface area contributed by atoms with Gasteiger partial charge in [-0.2, -0.15) is 0 Å². The molecule has 22 heavy (non-hydrogen) atoms. The molecule has 0 saturated carbocycles. The highest BCUT2D eigenvalue weighted by atomic mass is 35.5. The first-order valence-corrected chi connectivity index (χ1v) is 7.74. The lowest BCUT2D eigenvalue weighted by atomic mass is 10.0. The fraction of sp³-hybridized carbons (Fsp3) is 0.278. The van der Waals surface area contributed by atoms with Gasteiger partial charge in [0, 0.05) is 0 Å². The van der Waals surface area contributed by atoms with E-state index in [4.69, 9.17) is 11.6 Å². The van der Waals surface area contributed by atoms with E-state index in [1.807, 2.05) is 19.1 Å². The Labute approximate surface area is 135 Å². The summed E-state index contributed by atoms with van der Waals surface area (Å²) in [6, 6.07) is 12.1. The zero-order chi connectivity index (χ0) is 16.1. The molecule has 0 aromatic heterocycles. The number of carbonyl (C=O) groups excluding carboxylic acids is 1. The van der Waals surface area contributed by atoms with E-state index in [0.717, 1.165) is 18.4 Å². The highest BCUT2D eigenvalue weighted by Crippen LogP contribution is 2.21. The minimum atomic E-state index is -0.615. The lowest BCUT2D eigenvalue weighted by Crippen LogP contribution is -2.27. The Kier molecular flexibility index (Phi) is 5.56. The molecule has 2 aromatic rings. The summed E-state index contributed by atoms with van der Waals surface area (Å²) in [6.07, 6.45) is 2.13. The van der Waals surface area contributed by atoms with E-state index in [0.29, 0.717) is 0 Å². The zero-order valence-electron chi connectivity index (χ0n) is 12.7. The second-order valence-corrected chi connectivity index (χ2v) is 5.69. The molecule has 0 radical (unpaired) electrons. The molecule has 0 saturated heterocycles. The van der Waals surface area contributed by atoms with Gasteiger partial charge >= 0.3 is 0 Å². The SMILES string of the molecule is CCCc1ccc([C@@H](C)NC(=O)c2c(F)cccc2Cl)cc1. The summed E-state index contributed by atoms with van der Waals surface area (Å²) in [5, 5.41) is 2.90. The average molecular weight is 320 g/mol. The van der Waals surface area contributed by atoms with Crippen LogP contribution in [0.25, 0.3) is 0 Å². The topological polar surface area (TPSA) is 29.1 Å². The number of nitrogens with one attached hydrogen (secondary N) is 1. The first-order chi connectivity index (χ1) is 10.5. The van der Waals surface area contributed by atoms with Gasteiger partial charge in [-0.15, -0.1) is 0 Å². The average Bonchev–Trinajstić information content (AvgIpc) is 2.48. The van der Waals surface area contributed by atoms with Crippen LogP contribution in [0.3, 0.4) is 0 Å². The molecule has 0 aliphatic rings. The maximum absolute atomic E-state index is 13.7. The largest absolute Gasteiger partial charge is 0.345 e. The van der Waals surface area contributed by atoms with E-state index < -0.39 is 11.7 Å². The van der Waals surface area contributed by atoms with Crippen LogP contribution >= 0.6 is 11.6 Å². The summed E-state index contributed by atoms with van der Waals surface area (Å²) < 4.78 is 13.7. The Morgan fingerprint density at radius 3 is 2.50 bits per heavy atom. The van der Waals surface area contributed by atoms with Crippen molar-refractivity contribution in [2.75, 3.05) is 0 Å². The van der Waals surface area contributed by atoms with Gasteiger partial charge in [0.1, 0.15) is 5.82 Å². The Hall–Kier alpha value is -1.87. The van der Waals surface area contributed by atoms with E-state index in [1.54, 1.807) is 0 Å². The molecule has 0 heterocycles. The van der Waals surface area contributed by atoms with Crippen molar-refractivity contribution < 1.29 is 9.18 Å². The molecule has 1 atom stereocenters. The van der Waals surface area contributed by atoms with Crippen molar-refractivity contribution in [3.05, 3.63) is 70.0 Å². The maximum atomic E-state index is 13.7. The van der Waals surface area contributed by atoms with E-state index in [-0.39, 0.29) is 16.6 Å². The highest BCUT2D eigenvalue weighted by Gasteiger charge is 2.18. The summed E-state index contributed by atoms with van der Waals surface area (Å²) in [5.41, 5.74) is 2.13. The molecule has 0 bridgehead atoms. The number of carbonyl (C=O) groups is 1. The smallest absolute Gasteiger partial charge is 0.256 e. The molecule has 1 N–H and O–H groups in total. The molecule has 0 unspecified atom stereocenters. The van der Waals surface area contributed by atoms with Crippen LogP contribution < -0.4 is 5.32 Å². The van der Waals surface area contributed by atoms with Gasteiger partial charge < -0.3 is 5.32 Å². The van der Waals surface area contributed by atoms with E-state index in [2.05, 4.69) is 24.4 Å². The summed E-state index contributed by atoms with van der Waals surface area (Å²) in [6.45, 7) is 4.00. The lowest BCUT2D eigenvalue weighted by molar-refractivity contribution is 0.0936. The third-order valence-corrected chi connectivity index (χ3v) is 3.87. The monoisotopic (exact) mass is 319 g/mol. The molecule has 2 aromatic carbocycles. The van der Waals surface area contributed by atoms with Gasteiger partial charge in [-0.25, -0.2) is 4.39 Å². The molecule has 4 heteroatoms. The number of hydrogen-bond donors (Lipinski definition) is 1. The van der Waals surface area contributed by atoms with Gasteiger partial charge in [0.25, 0.3) is 5.91 Å². The van der Waals surface area contributed by atoms with Crippen LogP contribution in [0.5, 0.6) is 0 Å². The summed E-state index contributed by atoms with van der Waals surface area (Å²) in [7, 11) is 0. The van der Waals surface area contributed by atoms with Gasteiger partial charge in [-0.05, 0) is 36.6 Å². The highest BCUT2D eigenvalue weighted by molar-refractivity contribution is 6.33. The first-order valence-electron chi connectivity index (χ1n) is 7.36. The van der Waals surface area contributed by atoms with Crippen LogP contribution in [0.2, 0.25) is 5.02 Å². The Morgan fingerprint density at radius 2 is 1.91 bits per heavy atom. The molecule has 0 aliphatic carbocycles. The quantitative estimate of drug-likeness (QED) is 0.832. The molecular formula is C18H19ClFNO. The summed E-state index contributed by atoms with van der Waals surface area (Å²) >= 11 is 5.91. The number of benzene rings is 2. The lowest BCUT2D eigenvalue weighted by Gasteiger charge is -2.15. The van der Waals surface area contributed by atoms with Crippen molar-refractivity contribution in [3.63, 3.8) is 0 Å². The Balaban J connectivity index is 2.11. The molecule has 2 nitrogen and oxygen atoms in total. The zero-order valence-corrected chi connectivity index (χ0v) is 13.5. The van der Waals surface area contributed by atoms with Crippen molar-refractivity contribution >= 4 is 17.5 Å². The first kappa shape index (κ1) is 16.5. The van der Waals surface area contributed by atoms with Crippen LogP contribution in [0, 0.1) is 5.82 Å². The molecule has 2 rings (SSSR count). The summed E-state index contributed by atoms with van der Waals surface area (Å²) in [5.74, 6) is -1.12. The minimum Gasteiger partial charge on any atom is -0.345 e. The third-order valence-electron chi connectivity index (χ3n) is 3.56. The van der Waals surface area contributed by atoms with E-state index in [1.165, 1.54) is 23.8 Å². The third kappa shape index (κ3) is 3.86. The second-order valence-electron chi connectivity index (χ2n) is 5.28. The molecule has 116 valence electrons. The van der Waals surface area contributed by atoms with Gasteiger partial charge in [-0.3, -0.25) is 4.79 Å². The van der Waals surface area contributed by atoms with Gasteiger partial charge in [0.15, 0.2) is 0 Å². The van der Waals surface area contributed by atoms with Crippen molar-refractivity contribution in [1.29, 1.82) is 0 Å². The number of halogens is 2. The molecule has 1 amide bonds. The van der Waals surface area contributed by atoms with E-state index in [9.17, 15) is 9.18 Å². The van der Waals surface area contributed by atoms with Crippen molar-refractivity contribution in [3.8, 4) is 0 Å². The van der Waals surface area contributed by atoms with Crippen LogP contribution in [0.1, 0.15) is 47.8 Å².